The lowest BCUT2D eigenvalue weighted by Gasteiger charge is -2.19. The Morgan fingerprint density at radius 1 is 1.27 bits per heavy atom. The van der Waals surface area contributed by atoms with Crippen LogP contribution < -0.4 is 5.32 Å². The Morgan fingerprint density at radius 3 is 2.41 bits per heavy atom. The van der Waals surface area contributed by atoms with Gasteiger partial charge in [0.1, 0.15) is 0 Å². The van der Waals surface area contributed by atoms with E-state index in [1.54, 1.807) is 44.2 Å². The van der Waals surface area contributed by atoms with Crippen molar-refractivity contribution in [3.8, 4) is 0 Å². The molecule has 1 aromatic heterocycles. The zero-order valence-electron chi connectivity index (χ0n) is 12.8. The number of nitrogens with zero attached hydrogens (tertiary/aromatic N) is 1. The van der Waals surface area contributed by atoms with E-state index in [0.717, 1.165) is 12.1 Å². The van der Waals surface area contributed by atoms with Gasteiger partial charge in [0.05, 0.1) is 5.41 Å². The summed E-state index contributed by atoms with van der Waals surface area (Å²) < 4.78 is 0. The summed E-state index contributed by atoms with van der Waals surface area (Å²) in [6.07, 6.45) is 0.777. The van der Waals surface area contributed by atoms with E-state index in [-0.39, 0.29) is 5.91 Å². The molecule has 116 valence electrons. The van der Waals surface area contributed by atoms with Crippen LogP contribution in [-0.4, -0.2) is 27.2 Å². The van der Waals surface area contributed by atoms with Gasteiger partial charge in [-0.05, 0) is 44.0 Å². The van der Waals surface area contributed by atoms with E-state index in [9.17, 15) is 14.7 Å². The molecule has 0 fully saturated rings. The fourth-order valence-corrected chi connectivity index (χ4v) is 1.95. The number of aromatic amines is 1. The fourth-order valence-electron chi connectivity index (χ4n) is 1.95. The number of carboxylic acids is 1. The molecule has 0 saturated carbocycles. The van der Waals surface area contributed by atoms with Gasteiger partial charge in [-0.2, -0.15) is 5.10 Å². The van der Waals surface area contributed by atoms with Gasteiger partial charge in [-0.15, -0.1) is 0 Å². The SMILES string of the molecule is CCc1cc(C(=O)Nc2ccc(C(C)(C)C(=O)O)cc2)n[nH]1. The Balaban J connectivity index is 2.11. The first kappa shape index (κ1) is 15.8. The van der Waals surface area contributed by atoms with Crippen LogP contribution in [0.1, 0.15) is 42.5 Å². The summed E-state index contributed by atoms with van der Waals surface area (Å²) in [6, 6.07) is 8.48. The van der Waals surface area contributed by atoms with E-state index in [0.29, 0.717) is 16.9 Å². The molecule has 2 rings (SSSR count). The number of H-pyrrole nitrogens is 1. The van der Waals surface area contributed by atoms with Crippen LogP contribution in [0.2, 0.25) is 0 Å². The first-order valence-electron chi connectivity index (χ1n) is 7.04. The molecule has 0 aliphatic carbocycles. The van der Waals surface area contributed by atoms with Crippen molar-refractivity contribution in [1.82, 2.24) is 10.2 Å². The van der Waals surface area contributed by atoms with E-state index in [1.165, 1.54) is 0 Å². The summed E-state index contributed by atoms with van der Waals surface area (Å²) in [4.78, 5) is 23.3. The third kappa shape index (κ3) is 3.16. The molecule has 1 aromatic carbocycles. The monoisotopic (exact) mass is 301 g/mol. The number of carbonyl (C=O) groups excluding carboxylic acids is 1. The minimum Gasteiger partial charge on any atom is -0.481 e. The van der Waals surface area contributed by atoms with Gasteiger partial charge in [-0.25, -0.2) is 0 Å². The number of amides is 1. The number of hydrogen-bond acceptors (Lipinski definition) is 3. The minimum atomic E-state index is -0.971. The number of rotatable bonds is 5. The standard InChI is InChI=1S/C16H19N3O3/c1-4-11-9-13(19-18-11)14(20)17-12-7-5-10(6-8-12)16(2,3)15(21)22/h5-9H,4H2,1-3H3,(H,17,20)(H,18,19)(H,21,22). The second-order valence-electron chi connectivity index (χ2n) is 5.59. The maximum Gasteiger partial charge on any atom is 0.313 e. The number of carbonyl (C=O) groups is 2. The smallest absolute Gasteiger partial charge is 0.313 e. The molecular formula is C16H19N3O3. The molecule has 3 N–H and O–H groups in total. The molecular weight excluding hydrogens is 282 g/mol. The molecule has 0 radical (unpaired) electrons. The van der Waals surface area contributed by atoms with Crippen LogP contribution in [0.3, 0.4) is 0 Å². The molecule has 0 aliphatic heterocycles. The molecule has 22 heavy (non-hydrogen) atoms. The number of anilines is 1. The maximum absolute atomic E-state index is 12.0. The van der Waals surface area contributed by atoms with Crippen LogP contribution in [-0.2, 0) is 16.6 Å². The summed E-state index contributed by atoms with van der Waals surface area (Å²) in [5.74, 6) is -1.20. The third-order valence-electron chi connectivity index (χ3n) is 3.64. The Kier molecular flexibility index (Phi) is 4.30. The number of aliphatic carboxylic acids is 1. The Morgan fingerprint density at radius 2 is 1.91 bits per heavy atom. The molecule has 2 aromatic rings. The van der Waals surface area contributed by atoms with Gasteiger partial charge >= 0.3 is 5.97 Å². The van der Waals surface area contributed by atoms with Crippen LogP contribution in [0.15, 0.2) is 30.3 Å². The summed E-state index contributed by atoms with van der Waals surface area (Å²) >= 11 is 0. The average Bonchev–Trinajstić information content (AvgIpc) is 2.96. The Bertz CT molecular complexity index is 687. The van der Waals surface area contributed by atoms with Gasteiger partial charge in [0.2, 0.25) is 0 Å². The minimum absolute atomic E-state index is 0.304. The highest BCUT2D eigenvalue weighted by atomic mass is 16.4. The second-order valence-corrected chi connectivity index (χ2v) is 5.59. The van der Waals surface area contributed by atoms with E-state index < -0.39 is 11.4 Å². The predicted octanol–water partition coefficient (Wildman–Crippen LogP) is 2.59. The second kappa shape index (κ2) is 6.01. The van der Waals surface area contributed by atoms with Gasteiger partial charge in [-0.3, -0.25) is 14.7 Å². The zero-order valence-corrected chi connectivity index (χ0v) is 12.8. The molecule has 6 nitrogen and oxygen atoms in total. The van der Waals surface area contributed by atoms with Gasteiger partial charge in [0.25, 0.3) is 5.91 Å². The molecule has 0 bridgehead atoms. The van der Waals surface area contributed by atoms with Crippen LogP contribution in [0, 0.1) is 0 Å². The highest BCUT2D eigenvalue weighted by molar-refractivity contribution is 6.02. The Labute approximate surface area is 128 Å². The van der Waals surface area contributed by atoms with Crippen LogP contribution in [0.5, 0.6) is 0 Å². The van der Waals surface area contributed by atoms with Crippen molar-refractivity contribution in [3.05, 3.63) is 47.3 Å². The lowest BCUT2D eigenvalue weighted by atomic mass is 9.85. The number of nitrogens with one attached hydrogen (secondary N) is 2. The van der Waals surface area contributed by atoms with Crippen LogP contribution >= 0.6 is 0 Å². The summed E-state index contributed by atoms with van der Waals surface area (Å²) in [5, 5.41) is 18.7. The summed E-state index contributed by atoms with van der Waals surface area (Å²) in [5.41, 5.74) is 1.51. The highest BCUT2D eigenvalue weighted by Gasteiger charge is 2.29. The molecule has 0 spiro atoms. The quantitative estimate of drug-likeness (QED) is 0.791. The van der Waals surface area contributed by atoms with E-state index in [2.05, 4.69) is 15.5 Å². The first-order valence-corrected chi connectivity index (χ1v) is 7.04. The van der Waals surface area contributed by atoms with E-state index in [1.807, 2.05) is 6.92 Å². The van der Waals surface area contributed by atoms with Gasteiger partial charge < -0.3 is 10.4 Å². The topological polar surface area (TPSA) is 95.1 Å². The van der Waals surface area contributed by atoms with Gasteiger partial charge in [0, 0.05) is 11.4 Å². The number of benzene rings is 1. The van der Waals surface area contributed by atoms with Crippen molar-refractivity contribution >= 4 is 17.6 Å². The Hall–Kier alpha value is -2.63. The fraction of sp³-hybridized carbons (Fsp3) is 0.312. The van der Waals surface area contributed by atoms with Crippen molar-refractivity contribution < 1.29 is 14.7 Å². The number of aromatic nitrogens is 2. The van der Waals surface area contributed by atoms with Crippen molar-refractivity contribution in [3.63, 3.8) is 0 Å². The predicted molar refractivity (Wildman–Crippen MR) is 83.0 cm³/mol. The van der Waals surface area contributed by atoms with Crippen molar-refractivity contribution in [1.29, 1.82) is 0 Å². The number of carboxylic acid groups (broad SMARTS) is 1. The maximum atomic E-state index is 12.0. The van der Waals surface area contributed by atoms with Crippen molar-refractivity contribution in [2.75, 3.05) is 5.32 Å². The molecule has 1 amide bonds. The molecule has 6 heteroatoms. The number of aryl methyl sites for hydroxylation is 1. The summed E-state index contributed by atoms with van der Waals surface area (Å²) in [6.45, 7) is 5.25. The molecule has 0 aliphatic rings. The summed E-state index contributed by atoms with van der Waals surface area (Å²) in [7, 11) is 0. The largest absolute Gasteiger partial charge is 0.481 e. The zero-order chi connectivity index (χ0) is 16.3. The van der Waals surface area contributed by atoms with E-state index in [4.69, 9.17) is 0 Å². The molecule has 0 unspecified atom stereocenters. The van der Waals surface area contributed by atoms with Crippen LogP contribution in [0.4, 0.5) is 5.69 Å². The van der Waals surface area contributed by atoms with Gasteiger partial charge in [-0.1, -0.05) is 19.1 Å². The lowest BCUT2D eigenvalue weighted by molar-refractivity contribution is -0.142. The lowest BCUT2D eigenvalue weighted by Crippen LogP contribution is -2.28. The molecule has 0 saturated heterocycles. The van der Waals surface area contributed by atoms with Crippen LogP contribution in [0.25, 0.3) is 0 Å². The third-order valence-corrected chi connectivity index (χ3v) is 3.64. The van der Waals surface area contributed by atoms with Crippen molar-refractivity contribution in [2.45, 2.75) is 32.6 Å². The molecule has 0 atom stereocenters. The highest BCUT2D eigenvalue weighted by Crippen LogP contribution is 2.24. The molecule has 1 heterocycles. The van der Waals surface area contributed by atoms with Gasteiger partial charge in [0.15, 0.2) is 5.69 Å². The average molecular weight is 301 g/mol. The normalized spacial score (nSPS) is 11.2. The number of hydrogen-bond donors (Lipinski definition) is 3. The first-order chi connectivity index (χ1) is 10.3. The van der Waals surface area contributed by atoms with Crippen molar-refractivity contribution in [2.24, 2.45) is 0 Å². The van der Waals surface area contributed by atoms with E-state index >= 15 is 0 Å².